The lowest BCUT2D eigenvalue weighted by molar-refractivity contribution is -0.177. The minimum absolute atomic E-state index is 0.291. The molecule has 1 N–H and O–H groups in total. The van der Waals surface area contributed by atoms with Crippen molar-refractivity contribution in [3.63, 3.8) is 0 Å². The molecular weight excluding hydrogens is 386 g/mol. The van der Waals surface area contributed by atoms with Crippen LogP contribution in [0, 0.1) is 11.8 Å². The molecule has 1 amide bonds. The van der Waals surface area contributed by atoms with Crippen molar-refractivity contribution in [1.82, 2.24) is 5.32 Å². The number of amides is 1. The third-order valence-corrected chi connectivity index (χ3v) is 3.91. The number of carbonyl (C=O) groups is 5. The van der Waals surface area contributed by atoms with E-state index < -0.39 is 66.3 Å². The third-order valence-electron chi connectivity index (χ3n) is 3.91. The second kappa shape index (κ2) is 10.2. The van der Waals surface area contributed by atoms with Crippen LogP contribution in [0.5, 0.6) is 0 Å². The first-order valence-electron chi connectivity index (χ1n) is 9.36. The van der Waals surface area contributed by atoms with Crippen LogP contribution in [0.15, 0.2) is 0 Å². The van der Waals surface area contributed by atoms with Crippen LogP contribution in [0.2, 0.25) is 0 Å². The van der Waals surface area contributed by atoms with Gasteiger partial charge in [0, 0.05) is 6.42 Å². The molecule has 1 rings (SSSR count). The van der Waals surface area contributed by atoms with Crippen LogP contribution in [0.25, 0.3) is 0 Å². The highest BCUT2D eigenvalue weighted by molar-refractivity contribution is 5.83. The van der Waals surface area contributed by atoms with E-state index in [1.165, 1.54) is 6.92 Å². The Balaban J connectivity index is 3.07. The monoisotopic (exact) mass is 415 g/mol. The van der Waals surface area contributed by atoms with Gasteiger partial charge in [-0.1, -0.05) is 13.8 Å². The summed E-state index contributed by atoms with van der Waals surface area (Å²) in [5.41, 5.74) is -0.804. The van der Waals surface area contributed by atoms with Crippen LogP contribution in [0.1, 0.15) is 48.0 Å². The maximum absolute atomic E-state index is 12.5. The van der Waals surface area contributed by atoms with Crippen LogP contribution in [0.4, 0.5) is 4.79 Å². The molecule has 0 spiro atoms. The molecule has 0 bridgehead atoms. The second-order valence-electron chi connectivity index (χ2n) is 8.04. The van der Waals surface area contributed by atoms with E-state index in [2.05, 4.69) is 5.32 Å². The standard InChI is InChI=1S/C19H29NO9/c1-10(2)15(22)28-14-11(3)27-17(24)13(20-18(25)29-19(4,5)6)9-26-16(23)12(14)7-8-21/h8,10-14H,7,9H2,1-6H3,(H,20,25)/t11-,12+,13-,14-/m0/s1. The minimum atomic E-state index is -1.33. The highest BCUT2D eigenvalue weighted by Crippen LogP contribution is 2.23. The molecule has 0 aromatic heterocycles. The normalized spacial score (nSPS) is 25.6. The van der Waals surface area contributed by atoms with Crippen molar-refractivity contribution < 1.29 is 42.9 Å². The van der Waals surface area contributed by atoms with Gasteiger partial charge in [-0.25, -0.2) is 9.59 Å². The topological polar surface area (TPSA) is 134 Å². The first-order chi connectivity index (χ1) is 13.4. The largest absolute Gasteiger partial charge is 0.463 e. The van der Waals surface area contributed by atoms with Gasteiger partial charge in [-0.15, -0.1) is 0 Å². The number of hydrogen-bond donors (Lipinski definition) is 1. The van der Waals surface area contributed by atoms with E-state index in [9.17, 15) is 24.0 Å². The summed E-state index contributed by atoms with van der Waals surface area (Å²) < 4.78 is 20.8. The Bertz CT molecular complexity index is 638. The van der Waals surface area contributed by atoms with E-state index in [1.54, 1.807) is 34.6 Å². The Kier molecular flexibility index (Phi) is 8.59. The summed E-state index contributed by atoms with van der Waals surface area (Å²) in [4.78, 5) is 60.0. The number of ether oxygens (including phenoxy) is 4. The maximum atomic E-state index is 12.5. The minimum Gasteiger partial charge on any atom is -0.463 e. The Morgan fingerprint density at radius 2 is 1.86 bits per heavy atom. The van der Waals surface area contributed by atoms with Gasteiger partial charge >= 0.3 is 24.0 Å². The number of aldehydes is 1. The Labute approximate surface area is 169 Å². The molecule has 1 aliphatic heterocycles. The highest BCUT2D eigenvalue weighted by Gasteiger charge is 2.42. The number of cyclic esters (lactones) is 2. The van der Waals surface area contributed by atoms with Gasteiger partial charge in [0.1, 0.15) is 30.5 Å². The zero-order valence-corrected chi connectivity index (χ0v) is 17.6. The molecule has 10 nitrogen and oxygen atoms in total. The molecule has 0 radical (unpaired) electrons. The molecule has 10 heteroatoms. The molecule has 164 valence electrons. The van der Waals surface area contributed by atoms with Crippen molar-refractivity contribution in [2.45, 2.75) is 71.8 Å². The molecule has 1 fully saturated rings. The van der Waals surface area contributed by atoms with Gasteiger partial charge in [-0.2, -0.15) is 0 Å². The lowest BCUT2D eigenvalue weighted by Gasteiger charge is -2.28. The fourth-order valence-corrected chi connectivity index (χ4v) is 2.47. The highest BCUT2D eigenvalue weighted by atomic mass is 16.6. The van der Waals surface area contributed by atoms with E-state index in [0.717, 1.165) is 0 Å². The zero-order valence-electron chi connectivity index (χ0n) is 17.6. The van der Waals surface area contributed by atoms with Gasteiger partial charge in [0.15, 0.2) is 12.1 Å². The van der Waals surface area contributed by atoms with Crippen molar-refractivity contribution in [1.29, 1.82) is 0 Å². The van der Waals surface area contributed by atoms with E-state index in [4.69, 9.17) is 18.9 Å². The molecule has 0 aromatic carbocycles. The van der Waals surface area contributed by atoms with Crippen molar-refractivity contribution in [2.24, 2.45) is 11.8 Å². The number of nitrogens with one attached hydrogen (secondary N) is 1. The third kappa shape index (κ3) is 7.71. The van der Waals surface area contributed by atoms with E-state index >= 15 is 0 Å². The van der Waals surface area contributed by atoms with Gasteiger partial charge in [-0.05, 0) is 27.7 Å². The van der Waals surface area contributed by atoms with E-state index in [1.807, 2.05) is 0 Å². The van der Waals surface area contributed by atoms with Gasteiger partial charge in [0.25, 0.3) is 0 Å². The van der Waals surface area contributed by atoms with Crippen LogP contribution < -0.4 is 5.32 Å². The molecule has 0 aliphatic carbocycles. The average molecular weight is 415 g/mol. The van der Waals surface area contributed by atoms with Crippen LogP contribution in [-0.4, -0.2) is 60.7 Å². The summed E-state index contributed by atoms with van der Waals surface area (Å²) in [5, 5.41) is 2.29. The summed E-state index contributed by atoms with van der Waals surface area (Å²) in [6.07, 6.45) is -2.98. The maximum Gasteiger partial charge on any atom is 0.408 e. The first kappa shape index (κ1) is 24.4. The molecule has 0 saturated carbocycles. The molecule has 0 aromatic rings. The number of rotatable bonds is 5. The van der Waals surface area contributed by atoms with Gasteiger partial charge in [0.05, 0.1) is 5.92 Å². The molecular formula is C19H29NO9. The summed E-state index contributed by atoms with van der Waals surface area (Å²) in [7, 11) is 0. The molecule has 29 heavy (non-hydrogen) atoms. The van der Waals surface area contributed by atoms with Crippen molar-refractivity contribution in [2.75, 3.05) is 6.61 Å². The predicted molar refractivity (Wildman–Crippen MR) is 98.6 cm³/mol. The molecule has 0 unspecified atom stereocenters. The lowest BCUT2D eigenvalue weighted by Crippen LogP contribution is -2.48. The smallest absolute Gasteiger partial charge is 0.408 e. The van der Waals surface area contributed by atoms with Gasteiger partial charge in [0.2, 0.25) is 0 Å². The Hall–Kier alpha value is -2.65. The zero-order chi connectivity index (χ0) is 22.4. The summed E-state index contributed by atoms with van der Waals surface area (Å²) in [6, 6.07) is -1.33. The van der Waals surface area contributed by atoms with Crippen LogP contribution >= 0.6 is 0 Å². The summed E-state index contributed by atoms with van der Waals surface area (Å²) in [5.74, 6) is -4.02. The molecule has 1 heterocycles. The number of hydrogen-bond acceptors (Lipinski definition) is 9. The molecule has 1 saturated heterocycles. The lowest BCUT2D eigenvalue weighted by atomic mass is 9.95. The van der Waals surface area contributed by atoms with Crippen LogP contribution in [0.3, 0.4) is 0 Å². The number of alkyl carbamates (subject to hydrolysis) is 1. The van der Waals surface area contributed by atoms with Crippen LogP contribution in [-0.2, 0) is 38.1 Å². The predicted octanol–water partition coefficient (Wildman–Crippen LogP) is 1.14. The van der Waals surface area contributed by atoms with Gasteiger partial charge < -0.3 is 29.1 Å². The fourth-order valence-electron chi connectivity index (χ4n) is 2.47. The van der Waals surface area contributed by atoms with Gasteiger partial charge in [-0.3, -0.25) is 9.59 Å². The van der Waals surface area contributed by atoms with Crippen molar-refractivity contribution in [3.05, 3.63) is 0 Å². The fraction of sp³-hybridized carbons (Fsp3) is 0.737. The SMILES string of the molecule is CC(C)C(=O)O[C@H]1[C@H](C)OC(=O)[C@@H](NC(=O)OC(C)(C)C)COC(=O)[C@@H]1CC=O. The number of carbonyl (C=O) groups excluding carboxylic acids is 5. The van der Waals surface area contributed by atoms with E-state index in [0.29, 0.717) is 6.29 Å². The first-order valence-corrected chi connectivity index (χ1v) is 9.36. The summed E-state index contributed by atoms with van der Waals surface area (Å²) in [6.45, 7) is 9.04. The quantitative estimate of drug-likeness (QED) is 0.398. The Morgan fingerprint density at radius 3 is 2.38 bits per heavy atom. The molecule has 1 aliphatic rings. The van der Waals surface area contributed by atoms with Crippen molar-refractivity contribution >= 4 is 30.3 Å². The Morgan fingerprint density at radius 1 is 1.24 bits per heavy atom. The average Bonchev–Trinajstić information content (AvgIpc) is 2.61. The summed E-state index contributed by atoms with van der Waals surface area (Å²) >= 11 is 0. The van der Waals surface area contributed by atoms with Crippen molar-refractivity contribution in [3.8, 4) is 0 Å². The molecule has 4 atom stereocenters. The second-order valence-corrected chi connectivity index (χ2v) is 8.04. The number of esters is 3. The van der Waals surface area contributed by atoms with E-state index in [-0.39, 0.29) is 6.42 Å².